The third kappa shape index (κ3) is 3.62. The van der Waals surface area contributed by atoms with Gasteiger partial charge in [0.05, 0.1) is 6.04 Å². The second-order valence-corrected chi connectivity index (χ2v) is 6.46. The molecule has 0 saturated carbocycles. The second-order valence-electron chi connectivity index (χ2n) is 6.46. The van der Waals surface area contributed by atoms with Gasteiger partial charge in [-0.25, -0.2) is 0 Å². The minimum Gasteiger partial charge on any atom is -0.336 e. The van der Waals surface area contributed by atoms with Crippen LogP contribution in [-0.2, 0) is 9.59 Å². The minimum atomic E-state index is -0.443. The van der Waals surface area contributed by atoms with E-state index in [0.717, 1.165) is 0 Å². The van der Waals surface area contributed by atoms with Crippen LogP contribution in [0.1, 0.15) is 48.5 Å². The Morgan fingerprint density at radius 2 is 1.31 bits per heavy atom. The number of nitrogens with zero attached hydrogens (tertiary/aromatic N) is 1. The topological polar surface area (TPSA) is 37.4 Å². The summed E-state index contributed by atoms with van der Waals surface area (Å²) in [6.45, 7) is 13.0. The highest BCUT2D eigenvalue weighted by atomic mass is 16.2. The first-order chi connectivity index (χ1) is 6.89. The van der Waals surface area contributed by atoms with Crippen LogP contribution in [0.5, 0.6) is 0 Å². The van der Waals surface area contributed by atoms with Crippen molar-refractivity contribution in [3.05, 3.63) is 0 Å². The van der Waals surface area contributed by atoms with Crippen LogP contribution in [0, 0.1) is 10.8 Å². The fourth-order valence-electron chi connectivity index (χ4n) is 1.51. The molecule has 94 valence electrons. The van der Waals surface area contributed by atoms with Gasteiger partial charge in [-0.05, 0) is 6.92 Å². The number of likely N-dealkylation sites (N-methyl/N-ethyl adjacent to an activating group) is 1. The van der Waals surface area contributed by atoms with Gasteiger partial charge in [-0.3, -0.25) is 9.59 Å². The summed E-state index contributed by atoms with van der Waals surface area (Å²) in [5, 5.41) is 0. The van der Waals surface area contributed by atoms with Crippen LogP contribution in [0.25, 0.3) is 0 Å². The summed E-state index contributed by atoms with van der Waals surface area (Å²) in [6, 6.07) is -0.369. The maximum Gasteiger partial charge on any atom is 0.228 e. The number of carbonyl (C=O) groups is 2. The number of Topliss-reactive ketones (excluding diaryl/α,β-unsaturated/α-hetero) is 1. The summed E-state index contributed by atoms with van der Waals surface area (Å²) in [5.41, 5.74) is -0.854. The fraction of sp³-hybridized carbons (Fsp3) is 0.846. The van der Waals surface area contributed by atoms with Crippen molar-refractivity contribution in [1.82, 2.24) is 4.90 Å². The highest BCUT2D eigenvalue weighted by Gasteiger charge is 2.34. The Bertz CT molecular complexity index is 251. The fourth-order valence-corrected chi connectivity index (χ4v) is 1.51. The molecule has 0 aromatic heterocycles. The lowest BCUT2D eigenvalue weighted by Gasteiger charge is -2.33. The van der Waals surface area contributed by atoms with E-state index in [2.05, 4.69) is 0 Å². The molecule has 16 heavy (non-hydrogen) atoms. The molecule has 1 atom stereocenters. The van der Waals surface area contributed by atoms with E-state index in [1.54, 1.807) is 18.9 Å². The lowest BCUT2D eigenvalue weighted by atomic mass is 9.85. The van der Waals surface area contributed by atoms with Crippen LogP contribution in [-0.4, -0.2) is 29.7 Å². The van der Waals surface area contributed by atoms with Crippen LogP contribution in [0.3, 0.4) is 0 Å². The van der Waals surface area contributed by atoms with Gasteiger partial charge in [0.15, 0.2) is 5.78 Å². The van der Waals surface area contributed by atoms with Crippen molar-refractivity contribution in [2.24, 2.45) is 10.8 Å². The van der Waals surface area contributed by atoms with Crippen molar-refractivity contribution >= 4 is 11.7 Å². The molecular weight excluding hydrogens is 202 g/mol. The molecule has 0 bridgehead atoms. The lowest BCUT2D eigenvalue weighted by Crippen LogP contribution is -2.48. The van der Waals surface area contributed by atoms with Crippen molar-refractivity contribution in [2.45, 2.75) is 54.5 Å². The SMILES string of the molecule is C[C@@H](C(=O)C(C)(C)C)N(C)C(=O)C(C)(C)C. The van der Waals surface area contributed by atoms with Gasteiger partial charge < -0.3 is 4.90 Å². The van der Waals surface area contributed by atoms with Gasteiger partial charge in [0.2, 0.25) is 5.91 Å². The number of carbonyl (C=O) groups excluding carboxylic acids is 2. The third-order valence-corrected chi connectivity index (χ3v) is 2.66. The van der Waals surface area contributed by atoms with E-state index in [-0.39, 0.29) is 17.7 Å². The van der Waals surface area contributed by atoms with Gasteiger partial charge in [-0.15, -0.1) is 0 Å². The Hall–Kier alpha value is -0.860. The number of rotatable bonds is 2. The summed E-state index contributed by atoms with van der Waals surface area (Å²) in [5.74, 6) is 0.0881. The van der Waals surface area contributed by atoms with Crippen molar-refractivity contribution < 1.29 is 9.59 Å². The Morgan fingerprint density at radius 3 is 1.56 bits per heavy atom. The number of hydrogen-bond acceptors (Lipinski definition) is 2. The first-order valence-corrected chi connectivity index (χ1v) is 5.70. The van der Waals surface area contributed by atoms with Crippen LogP contribution >= 0.6 is 0 Å². The van der Waals surface area contributed by atoms with E-state index in [1.165, 1.54) is 0 Å². The first-order valence-electron chi connectivity index (χ1n) is 5.70. The van der Waals surface area contributed by atoms with E-state index in [4.69, 9.17) is 0 Å². The molecular formula is C13H25NO2. The average molecular weight is 227 g/mol. The summed E-state index contributed by atoms with van der Waals surface area (Å²) in [4.78, 5) is 25.6. The zero-order valence-corrected chi connectivity index (χ0v) is 11.8. The molecule has 0 unspecified atom stereocenters. The lowest BCUT2D eigenvalue weighted by molar-refractivity contribution is -0.146. The zero-order chi connectivity index (χ0) is 13.3. The largest absolute Gasteiger partial charge is 0.336 e. The number of ketones is 1. The zero-order valence-electron chi connectivity index (χ0n) is 11.8. The first kappa shape index (κ1) is 15.1. The summed E-state index contributed by atoms with van der Waals surface area (Å²) in [6.07, 6.45) is 0. The van der Waals surface area contributed by atoms with Crippen molar-refractivity contribution in [1.29, 1.82) is 0 Å². The van der Waals surface area contributed by atoms with Crippen LogP contribution in [0.4, 0.5) is 0 Å². The van der Waals surface area contributed by atoms with Gasteiger partial charge >= 0.3 is 0 Å². The van der Waals surface area contributed by atoms with Crippen molar-refractivity contribution in [3.8, 4) is 0 Å². The quantitative estimate of drug-likeness (QED) is 0.727. The molecule has 0 rings (SSSR count). The van der Waals surface area contributed by atoms with Crippen LogP contribution in [0.15, 0.2) is 0 Å². The molecule has 0 heterocycles. The molecule has 0 radical (unpaired) electrons. The van der Waals surface area contributed by atoms with Crippen LogP contribution < -0.4 is 0 Å². The van der Waals surface area contributed by atoms with Crippen molar-refractivity contribution in [2.75, 3.05) is 7.05 Å². The molecule has 3 nitrogen and oxygen atoms in total. The summed E-state index contributed by atoms with van der Waals surface area (Å²) >= 11 is 0. The maximum atomic E-state index is 12.0. The van der Waals surface area contributed by atoms with Gasteiger partial charge in [-0.2, -0.15) is 0 Å². The van der Waals surface area contributed by atoms with Gasteiger partial charge in [0, 0.05) is 17.9 Å². The van der Waals surface area contributed by atoms with E-state index >= 15 is 0 Å². The Morgan fingerprint density at radius 1 is 0.938 bits per heavy atom. The van der Waals surface area contributed by atoms with E-state index in [1.807, 2.05) is 41.5 Å². The maximum absolute atomic E-state index is 12.0. The highest BCUT2D eigenvalue weighted by Crippen LogP contribution is 2.23. The average Bonchev–Trinajstić information content (AvgIpc) is 2.10. The molecule has 0 saturated heterocycles. The predicted octanol–water partition coefficient (Wildman–Crippen LogP) is 2.49. The predicted molar refractivity (Wildman–Crippen MR) is 66.1 cm³/mol. The van der Waals surface area contributed by atoms with Gasteiger partial charge in [0.25, 0.3) is 0 Å². The van der Waals surface area contributed by atoms with E-state index in [9.17, 15) is 9.59 Å². The molecule has 0 aromatic rings. The molecule has 0 aliphatic rings. The molecule has 0 fully saturated rings. The van der Waals surface area contributed by atoms with Gasteiger partial charge in [0.1, 0.15) is 0 Å². The van der Waals surface area contributed by atoms with Gasteiger partial charge in [-0.1, -0.05) is 41.5 Å². The van der Waals surface area contributed by atoms with E-state index < -0.39 is 10.8 Å². The second kappa shape index (κ2) is 4.56. The highest BCUT2D eigenvalue weighted by molar-refractivity contribution is 5.93. The molecule has 0 aliphatic carbocycles. The van der Waals surface area contributed by atoms with Crippen LogP contribution in [0.2, 0.25) is 0 Å². The number of hydrogen-bond donors (Lipinski definition) is 0. The summed E-state index contributed by atoms with van der Waals surface area (Å²) < 4.78 is 0. The monoisotopic (exact) mass is 227 g/mol. The number of amides is 1. The molecule has 0 aliphatic heterocycles. The Labute approximate surface area is 99.2 Å². The summed E-state index contributed by atoms with van der Waals surface area (Å²) in [7, 11) is 1.70. The third-order valence-electron chi connectivity index (χ3n) is 2.66. The molecule has 0 N–H and O–H groups in total. The standard InChI is InChI=1S/C13H25NO2/c1-9(10(15)12(2,3)4)14(8)11(16)13(5,6)7/h9H,1-8H3/t9-/m0/s1. The minimum absolute atomic E-state index is 0.00222. The Kier molecular flexibility index (Phi) is 4.31. The molecule has 0 aromatic carbocycles. The van der Waals surface area contributed by atoms with Crippen molar-refractivity contribution in [3.63, 3.8) is 0 Å². The molecule has 1 amide bonds. The van der Waals surface area contributed by atoms with E-state index in [0.29, 0.717) is 0 Å². The Balaban J connectivity index is 4.83. The molecule has 3 heteroatoms. The normalized spacial score (nSPS) is 14.5. The smallest absolute Gasteiger partial charge is 0.228 e. The molecule has 0 spiro atoms.